The molecule has 56 heavy (non-hydrogen) atoms. The molecule has 2 aliphatic rings. The fourth-order valence-electron chi connectivity index (χ4n) is 6.97. The van der Waals surface area contributed by atoms with Gasteiger partial charge in [0.2, 0.25) is 11.9 Å². The first-order chi connectivity index (χ1) is 27.2. The zero-order valence-corrected chi connectivity index (χ0v) is 30.0. The number of hydrogen-bond acceptors (Lipinski definition) is 12. The van der Waals surface area contributed by atoms with Crippen LogP contribution in [0.25, 0.3) is 22.3 Å². The summed E-state index contributed by atoms with van der Waals surface area (Å²) in [6.45, 7) is -0.201. The minimum Gasteiger partial charge on any atom is -0.449 e. The van der Waals surface area contributed by atoms with Crippen LogP contribution in [0.15, 0.2) is 90.0 Å². The smallest absolute Gasteiger partial charge is 0.407 e. The van der Waals surface area contributed by atoms with Crippen LogP contribution in [0, 0.1) is 0 Å². The van der Waals surface area contributed by atoms with Crippen molar-refractivity contribution in [3.8, 4) is 11.1 Å². The van der Waals surface area contributed by atoms with E-state index >= 15 is 0 Å². The van der Waals surface area contributed by atoms with Gasteiger partial charge in [-0.3, -0.25) is 24.5 Å². The van der Waals surface area contributed by atoms with Crippen molar-refractivity contribution in [2.24, 2.45) is 0 Å². The van der Waals surface area contributed by atoms with Gasteiger partial charge in [-0.2, -0.15) is 4.98 Å². The predicted molar refractivity (Wildman–Crippen MR) is 200 cm³/mol. The standard InChI is InChI=1S/C39H41N7O10/c47-18-29-31(48)32(49)36(56-29)46-21-41-30-33(46)43-37(45-35(30)51)44-34(50)28(16-8-9-17-40-38(52)54-19-22-10-2-1-3-11-22)42-39(53)55-20-27-25-14-6-4-12-23(25)24-13-5-7-15-26(24)27/h1-7,10-15,21,27-29,31-32,36,47-49H,8-9,16-20H2,(H,40,52)(H,42,53)(H2,43,44,45,50,51)/t28-,29+,31+,32+,36+/m0/s1. The number of aliphatic hydroxyl groups excluding tert-OH is 3. The van der Waals surface area contributed by atoms with Gasteiger partial charge in [0, 0.05) is 12.5 Å². The van der Waals surface area contributed by atoms with Crippen LogP contribution in [0.1, 0.15) is 48.1 Å². The summed E-state index contributed by atoms with van der Waals surface area (Å²) in [5.41, 5.74) is 4.07. The maximum absolute atomic E-state index is 13.8. The van der Waals surface area contributed by atoms with E-state index in [0.717, 1.165) is 27.8 Å². The number of H-pyrrole nitrogens is 1. The Balaban J connectivity index is 1.02. The summed E-state index contributed by atoms with van der Waals surface area (Å²) in [5.74, 6) is -1.23. The second-order valence-electron chi connectivity index (χ2n) is 13.5. The Labute approximate surface area is 319 Å². The Kier molecular flexibility index (Phi) is 11.7. The predicted octanol–water partition coefficient (Wildman–Crippen LogP) is 2.67. The molecule has 1 aliphatic carbocycles. The number of aromatic amines is 1. The number of ether oxygens (including phenoxy) is 3. The number of benzene rings is 3. The molecule has 0 unspecified atom stereocenters. The molecule has 7 rings (SSSR count). The van der Waals surface area contributed by atoms with Gasteiger partial charge in [-0.1, -0.05) is 78.9 Å². The number of aromatic nitrogens is 4. The number of hydrogen-bond donors (Lipinski definition) is 7. The number of carbonyl (C=O) groups excluding carboxylic acids is 3. The van der Waals surface area contributed by atoms with Crippen LogP contribution in [0.5, 0.6) is 0 Å². The summed E-state index contributed by atoms with van der Waals surface area (Å²) in [7, 11) is 0. The topological polar surface area (TPSA) is 239 Å². The van der Waals surface area contributed by atoms with Crippen molar-refractivity contribution in [1.82, 2.24) is 30.2 Å². The Hall–Kier alpha value is -6.14. The third kappa shape index (κ3) is 8.25. The molecule has 5 aromatic rings. The fraction of sp³-hybridized carbons (Fsp3) is 0.333. The van der Waals surface area contributed by atoms with Gasteiger partial charge in [-0.15, -0.1) is 0 Å². The lowest BCUT2D eigenvalue weighted by Crippen LogP contribution is -2.44. The van der Waals surface area contributed by atoms with E-state index in [1.54, 1.807) is 0 Å². The molecule has 7 N–H and O–H groups in total. The molecule has 292 valence electrons. The Bertz CT molecular complexity index is 2200. The molecular formula is C39H41N7O10. The monoisotopic (exact) mass is 767 g/mol. The van der Waals surface area contributed by atoms with Crippen LogP contribution in [0.4, 0.5) is 15.5 Å². The third-order valence-corrected chi connectivity index (χ3v) is 9.82. The average molecular weight is 768 g/mol. The zero-order valence-electron chi connectivity index (χ0n) is 30.0. The van der Waals surface area contributed by atoms with E-state index < -0.39 is 60.8 Å². The summed E-state index contributed by atoms with van der Waals surface area (Å²) in [5, 5.41) is 38.2. The number of amides is 3. The number of carbonyl (C=O) groups is 3. The molecule has 3 aromatic carbocycles. The molecule has 3 heterocycles. The summed E-state index contributed by atoms with van der Waals surface area (Å²) in [6, 6.07) is 23.9. The normalized spacial score (nSPS) is 19.2. The average Bonchev–Trinajstić information content (AvgIpc) is 3.87. The molecule has 1 aliphatic heterocycles. The number of alkyl carbamates (subject to hydrolysis) is 2. The maximum Gasteiger partial charge on any atom is 0.407 e. The lowest BCUT2D eigenvalue weighted by molar-refractivity contribution is -0.118. The van der Waals surface area contributed by atoms with Gasteiger partial charge < -0.3 is 40.2 Å². The number of rotatable bonds is 14. The van der Waals surface area contributed by atoms with Crippen molar-refractivity contribution in [2.45, 2.75) is 62.4 Å². The molecule has 3 amide bonds. The van der Waals surface area contributed by atoms with E-state index in [9.17, 15) is 34.5 Å². The molecule has 17 nitrogen and oxygen atoms in total. The van der Waals surface area contributed by atoms with Gasteiger partial charge in [0.15, 0.2) is 17.4 Å². The Morgan fingerprint density at radius 1 is 0.893 bits per heavy atom. The molecule has 5 atom stereocenters. The van der Waals surface area contributed by atoms with Gasteiger partial charge in [-0.05, 0) is 47.1 Å². The first-order valence-corrected chi connectivity index (χ1v) is 18.2. The molecular weight excluding hydrogens is 726 g/mol. The Morgan fingerprint density at radius 2 is 1.59 bits per heavy atom. The number of aliphatic hydroxyl groups is 3. The van der Waals surface area contributed by atoms with Crippen LogP contribution in [0.3, 0.4) is 0 Å². The van der Waals surface area contributed by atoms with E-state index in [1.807, 2.05) is 78.9 Å². The third-order valence-electron chi connectivity index (χ3n) is 9.82. The molecule has 0 bridgehead atoms. The van der Waals surface area contributed by atoms with Crippen LogP contribution in [-0.4, -0.2) is 97.0 Å². The van der Waals surface area contributed by atoms with Crippen molar-refractivity contribution in [3.63, 3.8) is 0 Å². The molecule has 1 saturated heterocycles. The van der Waals surface area contributed by atoms with Crippen LogP contribution < -0.4 is 21.5 Å². The van der Waals surface area contributed by atoms with Crippen molar-refractivity contribution in [3.05, 3.63) is 112 Å². The number of imidazole rings is 1. The van der Waals surface area contributed by atoms with Crippen LogP contribution in [0.2, 0.25) is 0 Å². The second kappa shape index (κ2) is 17.1. The van der Waals surface area contributed by atoms with Crippen molar-refractivity contribution < 1.29 is 43.9 Å². The summed E-state index contributed by atoms with van der Waals surface area (Å²) in [6.07, 6.45) is -4.54. The van der Waals surface area contributed by atoms with E-state index in [4.69, 9.17) is 14.2 Å². The summed E-state index contributed by atoms with van der Waals surface area (Å²) >= 11 is 0. The van der Waals surface area contributed by atoms with E-state index in [0.29, 0.717) is 12.8 Å². The van der Waals surface area contributed by atoms with E-state index in [1.165, 1.54) is 10.9 Å². The highest BCUT2D eigenvalue weighted by atomic mass is 16.6. The molecule has 2 aromatic heterocycles. The minimum absolute atomic E-state index is 0.0136. The number of fused-ring (bicyclic) bond motifs is 4. The molecule has 17 heteroatoms. The highest BCUT2D eigenvalue weighted by molar-refractivity contribution is 5.95. The lowest BCUT2D eigenvalue weighted by atomic mass is 9.98. The zero-order chi connectivity index (χ0) is 39.2. The first-order valence-electron chi connectivity index (χ1n) is 18.2. The van der Waals surface area contributed by atoms with Crippen molar-refractivity contribution >= 4 is 35.2 Å². The largest absolute Gasteiger partial charge is 0.449 e. The van der Waals surface area contributed by atoms with Gasteiger partial charge >= 0.3 is 12.2 Å². The minimum atomic E-state index is -1.48. The van der Waals surface area contributed by atoms with Crippen LogP contribution >= 0.6 is 0 Å². The van der Waals surface area contributed by atoms with Gasteiger partial charge in [0.1, 0.15) is 37.6 Å². The summed E-state index contributed by atoms with van der Waals surface area (Å²) in [4.78, 5) is 63.1. The molecule has 0 saturated carbocycles. The molecule has 0 radical (unpaired) electrons. The van der Waals surface area contributed by atoms with Crippen molar-refractivity contribution in [1.29, 1.82) is 0 Å². The highest BCUT2D eigenvalue weighted by Gasteiger charge is 2.44. The highest BCUT2D eigenvalue weighted by Crippen LogP contribution is 2.44. The van der Waals surface area contributed by atoms with Gasteiger partial charge in [0.25, 0.3) is 5.56 Å². The quantitative estimate of drug-likeness (QED) is 0.0808. The van der Waals surface area contributed by atoms with Crippen LogP contribution in [-0.2, 0) is 25.6 Å². The maximum atomic E-state index is 13.8. The number of nitrogens with one attached hydrogen (secondary N) is 4. The fourth-order valence-corrected chi connectivity index (χ4v) is 6.97. The van der Waals surface area contributed by atoms with Gasteiger partial charge in [0.05, 0.1) is 12.9 Å². The number of nitrogens with zero attached hydrogens (tertiary/aromatic N) is 3. The van der Waals surface area contributed by atoms with E-state index in [-0.39, 0.29) is 49.2 Å². The molecule has 0 spiro atoms. The number of anilines is 1. The first kappa shape index (κ1) is 38.1. The van der Waals surface area contributed by atoms with Crippen molar-refractivity contribution in [2.75, 3.05) is 25.1 Å². The van der Waals surface area contributed by atoms with E-state index in [2.05, 4.69) is 30.9 Å². The SMILES string of the molecule is O=C(NCCCC[C@H](NC(=O)OCC1c2ccccc2-c2ccccc21)C(=O)Nc1nc2c(ncn2[C@@H]2O[C@H](CO)[C@@H](O)[C@H]2O)c(=O)[nH]1)OCc1ccccc1. The Morgan fingerprint density at radius 3 is 2.29 bits per heavy atom. The molecule has 1 fully saturated rings. The lowest BCUT2D eigenvalue weighted by Gasteiger charge is -2.20. The number of unbranched alkanes of at least 4 members (excludes halogenated alkanes) is 1. The van der Waals surface area contributed by atoms with Gasteiger partial charge in [-0.25, -0.2) is 14.6 Å². The second-order valence-corrected chi connectivity index (χ2v) is 13.5. The summed E-state index contributed by atoms with van der Waals surface area (Å²) < 4.78 is 17.7.